The molecule has 1 saturated carbocycles. The lowest BCUT2D eigenvalue weighted by Crippen LogP contribution is -2.04. The maximum atomic E-state index is 6.04. The van der Waals surface area contributed by atoms with Crippen LogP contribution in [0.2, 0.25) is 5.02 Å². The van der Waals surface area contributed by atoms with Crippen molar-refractivity contribution in [3.63, 3.8) is 0 Å². The van der Waals surface area contributed by atoms with Gasteiger partial charge in [0.2, 0.25) is 0 Å². The molecule has 26 heavy (non-hydrogen) atoms. The van der Waals surface area contributed by atoms with Crippen LogP contribution in [0.4, 0.5) is 0 Å². The Morgan fingerprint density at radius 3 is 2.62 bits per heavy atom. The second-order valence-electron chi connectivity index (χ2n) is 7.43. The number of benzene rings is 2. The van der Waals surface area contributed by atoms with E-state index in [0.717, 1.165) is 22.9 Å². The number of aryl methyl sites for hydroxylation is 1. The standard InChI is InChI=1S/C23H25ClN2/c1-17-7-13-22-21(15-17)25-23(14-10-18-5-3-2-4-6-18)26(22)16-19-8-11-20(24)12-9-19/h7-15,18H,2-6,16H2,1H3. The normalized spacial score (nSPS) is 15.9. The summed E-state index contributed by atoms with van der Waals surface area (Å²) in [5.74, 6) is 1.75. The molecule has 4 rings (SSSR count). The molecule has 0 bridgehead atoms. The quantitative estimate of drug-likeness (QED) is 0.507. The molecule has 0 radical (unpaired) electrons. The molecule has 0 N–H and O–H groups in total. The molecule has 0 spiro atoms. The zero-order valence-corrected chi connectivity index (χ0v) is 16.0. The summed E-state index contributed by atoms with van der Waals surface area (Å²) in [6.45, 7) is 2.93. The molecule has 0 aliphatic heterocycles. The fraction of sp³-hybridized carbons (Fsp3) is 0.348. The molecule has 0 unspecified atom stereocenters. The van der Waals surface area contributed by atoms with E-state index in [9.17, 15) is 0 Å². The second kappa shape index (κ2) is 7.67. The summed E-state index contributed by atoms with van der Waals surface area (Å²) >= 11 is 6.04. The minimum Gasteiger partial charge on any atom is -0.320 e. The molecule has 2 nitrogen and oxygen atoms in total. The molecule has 0 amide bonds. The minimum absolute atomic E-state index is 0.703. The van der Waals surface area contributed by atoms with Crippen molar-refractivity contribution in [3.8, 4) is 0 Å². The lowest BCUT2D eigenvalue weighted by atomic mass is 9.89. The predicted molar refractivity (Wildman–Crippen MR) is 111 cm³/mol. The van der Waals surface area contributed by atoms with Gasteiger partial charge in [0.1, 0.15) is 5.82 Å². The number of imidazole rings is 1. The third-order valence-electron chi connectivity index (χ3n) is 5.35. The molecule has 3 aromatic rings. The zero-order chi connectivity index (χ0) is 17.9. The van der Waals surface area contributed by atoms with Gasteiger partial charge in [-0.2, -0.15) is 0 Å². The van der Waals surface area contributed by atoms with Crippen molar-refractivity contribution in [1.29, 1.82) is 0 Å². The van der Waals surface area contributed by atoms with E-state index in [1.807, 2.05) is 12.1 Å². The van der Waals surface area contributed by atoms with E-state index in [2.05, 4.69) is 54.0 Å². The summed E-state index contributed by atoms with van der Waals surface area (Å²) in [7, 11) is 0. The zero-order valence-electron chi connectivity index (χ0n) is 15.3. The Balaban J connectivity index is 1.70. The van der Waals surface area contributed by atoms with E-state index in [-0.39, 0.29) is 0 Å². The third kappa shape index (κ3) is 3.86. The van der Waals surface area contributed by atoms with Crippen molar-refractivity contribution in [1.82, 2.24) is 9.55 Å². The smallest absolute Gasteiger partial charge is 0.133 e. The minimum atomic E-state index is 0.703. The lowest BCUT2D eigenvalue weighted by Gasteiger charge is -2.17. The van der Waals surface area contributed by atoms with Crippen LogP contribution >= 0.6 is 11.6 Å². The Morgan fingerprint density at radius 1 is 1.08 bits per heavy atom. The van der Waals surface area contributed by atoms with E-state index < -0.39 is 0 Å². The largest absolute Gasteiger partial charge is 0.320 e. The van der Waals surface area contributed by atoms with Gasteiger partial charge in [-0.1, -0.05) is 55.1 Å². The summed E-state index contributed by atoms with van der Waals surface area (Å²) in [6.07, 6.45) is 11.3. The van der Waals surface area contributed by atoms with Gasteiger partial charge in [0, 0.05) is 11.6 Å². The molecule has 134 valence electrons. The molecule has 0 saturated heterocycles. The fourth-order valence-electron chi connectivity index (χ4n) is 3.87. The van der Waals surface area contributed by atoms with Gasteiger partial charge in [0.25, 0.3) is 0 Å². The molecule has 1 aliphatic carbocycles. The van der Waals surface area contributed by atoms with Gasteiger partial charge < -0.3 is 4.57 Å². The summed E-state index contributed by atoms with van der Waals surface area (Å²) in [5.41, 5.74) is 4.74. The highest BCUT2D eigenvalue weighted by atomic mass is 35.5. The van der Waals surface area contributed by atoms with Crippen LogP contribution in [0.3, 0.4) is 0 Å². The number of hydrogen-bond acceptors (Lipinski definition) is 1. The number of aromatic nitrogens is 2. The van der Waals surface area contributed by atoms with Gasteiger partial charge in [-0.25, -0.2) is 4.98 Å². The maximum absolute atomic E-state index is 6.04. The first-order valence-corrected chi connectivity index (χ1v) is 9.96. The summed E-state index contributed by atoms with van der Waals surface area (Å²) in [4.78, 5) is 4.92. The predicted octanol–water partition coefficient (Wildman–Crippen LogP) is 6.64. The van der Waals surface area contributed by atoms with Gasteiger partial charge >= 0.3 is 0 Å². The van der Waals surface area contributed by atoms with Crippen LogP contribution in [0, 0.1) is 12.8 Å². The topological polar surface area (TPSA) is 17.8 Å². The Morgan fingerprint density at radius 2 is 1.85 bits per heavy atom. The van der Waals surface area contributed by atoms with Gasteiger partial charge in [-0.15, -0.1) is 0 Å². The van der Waals surface area contributed by atoms with Crippen molar-refractivity contribution in [2.75, 3.05) is 0 Å². The Bertz CT molecular complexity index is 915. The Labute approximate surface area is 160 Å². The molecule has 1 heterocycles. The number of fused-ring (bicyclic) bond motifs is 1. The van der Waals surface area contributed by atoms with E-state index in [4.69, 9.17) is 16.6 Å². The molecule has 1 fully saturated rings. The summed E-state index contributed by atoms with van der Waals surface area (Å²) in [6, 6.07) is 14.6. The number of halogens is 1. The van der Waals surface area contributed by atoms with Crippen molar-refractivity contribution in [2.45, 2.75) is 45.6 Å². The molecule has 3 heteroatoms. The first-order valence-electron chi connectivity index (χ1n) is 9.58. The fourth-order valence-corrected chi connectivity index (χ4v) is 4.00. The highest BCUT2D eigenvalue weighted by Gasteiger charge is 2.13. The first-order chi connectivity index (χ1) is 12.7. The highest BCUT2D eigenvalue weighted by Crippen LogP contribution is 2.26. The molecule has 1 aliphatic rings. The molecular weight excluding hydrogens is 340 g/mol. The van der Waals surface area contributed by atoms with Crippen LogP contribution in [0.1, 0.15) is 49.1 Å². The van der Waals surface area contributed by atoms with Crippen LogP contribution in [0.25, 0.3) is 17.1 Å². The summed E-state index contributed by atoms with van der Waals surface area (Å²) < 4.78 is 2.32. The molecule has 2 aromatic carbocycles. The van der Waals surface area contributed by atoms with Gasteiger partial charge in [0.05, 0.1) is 11.0 Å². The van der Waals surface area contributed by atoms with E-state index in [0.29, 0.717) is 5.92 Å². The van der Waals surface area contributed by atoms with Crippen LogP contribution in [-0.4, -0.2) is 9.55 Å². The average molecular weight is 365 g/mol. The number of allylic oxidation sites excluding steroid dienone is 1. The van der Waals surface area contributed by atoms with Crippen molar-refractivity contribution in [2.24, 2.45) is 5.92 Å². The number of nitrogens with zero attached hydrogens (tertiary/aromatic N) is 2. The maximum Gasteiger partial charge on any atom is 0.133 e. The van der Waals surface area contributed by atoms with E-state index >= 15 is 0 Å². The molecule has 1 aromatic heterocycles. The number of rotatable bonds is 4. The SMILES string of the molecule is Cc1ccc2c(c1)nc(C=CC1CCCCC1)n2Cc1ccc(Cl)cc1. The first kappa shape index (κ1) is 17.4. The molecule has 0 atom stereocenters. The van der Waals surface area contributed by atoms with Crippen LogP contribution in [0.5, 0.6) is 0 Å². The lowest BCUT2D eigenvalue weighted by molar-refractivity contribution is 0.420. The van der Waals surface area contributed by atoms with Crippen molar-refractivity contribution < 1.29 is 0 Å². The van der Waals surface area contributed by atoms with Crippen molar-refractivity contribution in [3.05, 3.63) is 70.5 Å². The summed E-state index contributed by atoms with van der Waals surface area (Å²) in [5, 5.41) is 0.775. The second-order valence-corrected chi connectivity index (χ2v) is 7.87. The Hall–Kier alpha value is -2.06. The molecular formula is C23H25ClN2. The number of hydrogen-bond donors (Lipinski definition) is 0. The highest BCUT2D eigenvalue weighted by molar-refractivity contribution is 6.30. The van der Waals surface area contributed by atoms with Crippen LogP contribution in [0.15, 0.2) is 48.5 Å². The Kier molecular flexibility index (Phi) is 5.12. The van der Waals surface area contributed by atoms with Gasteiger partial charge in [0.15, 0.2) is 0 Å². The monoisotopic (exact) mass is 364 g/mol. The average Bonchev–Trinajstić information content (AvgIpc) is 2.99. The van der Waals surface area contributed by atoms with Gasteiger partial charge in [-0.3, -0.25) is 0 Å². The van der Waals surface area contributed by atoms with E-state index in [1.165, 1.54) is 48.7 Å². The van der Waals surface area contributed by atoms with Crippen LogP contribution < -0.4 is 0 Å². The van der Waals surface area contributed by atoms with Gasteiger partial charge in [-0.05, 0) is 67.2 Å². The van der Waals surface area contributed by atoms with Crippen LogP contribution in [-0.2, 0) is 6.54 Å². The third-order valence-corrected chi connectivity index (χ3v) is 5.61. The van der Waals surface area contributed by atoms with Crippen molar-refractivity contribution >= 4 is 28.7 Å². The van der Waals surface area contributed by atoms with E-state index in [1.54, 1.807) is 0 Å².